The number of methoxy groups -OCH3 is 1. The van der Waals surface area contributed by atoms with E-state index in [1.807, 2.05) is 18.2 Å². The number of benzene rings is 1. The Morgan fingerprint density at radius 2 is 2.21 bits per heavy atom. The maximum absolute atomic E-state index is 8.85. The Hall–Kier alpha value is -0.620. The van der Waals surface area contributed by atoms with E-state index in [2.05, 4.69) is 28.2 Å². The number of nitrogens with two attached hydrogens (primary N) is 1. The van der Waals surface area contributed by atoms with Gasteiger partial charge in [0.25, 0.3) is 0 Å². The molecule has 5 heteroatoms. The molecule has 2 unspecified atom stereocenters. The van der Waals surface area contributed by atoms with Gasteiger partial charge in [0.2, 0.25) is 0 Å². The molecule has 0 aliphatic carbocycles. The Kier molecular flexibility index (Phi) is 7.38. The van der Waals surface area contributed by atoms with E-state index in [1.165, 1.54) is 0 Å². The monoisotopic (exact) mass is 330 g/mol. The van der Waals surface area contributed by atoms with Crippen LogP contribution < -0.4 is 15.8 Å². The van der Waals surface area contributed by atoms with Crippen LogP contribution in [-0.4, -0.2) is 31.4 Å². The van der Waals surface area contributed by atoms with Crippen LogP contribution >= 0.6 is 15.9 Å². The Balaban J connectivity index is 2.71. The minimum atomic E-state index is 0.107. The minimum Gasteiger partial charge on any atom is -0.496 e. The van der Waals surface area contributed by atoms with Gasteiger partial charge < -0.3 is 20.9 Å². The van der Waals surface area contributed by atoms with Crippen molar-refractivity contribution in [3.8, 4) is 5.75 Å². The van der Waals surface area contributed by atoms with Gasteiger partial charge in [-0.25, -0.2) is 0 Å². The van der Waals surface area contributed by atoms with Crippen molar-refractivity contribution in [1.82, 2.24) is 5.32 Å². The summed E-state index contributed by atoms with van der Waals surface area (Å²) in [5.74, 6) is 0.813. The number of rotatable bonds is 8. The molecular weight excluding hydrogens is 308 g/mol. The highest BCUT2D eigenvalue weighted by Gasteiger charge is 2.14. The number of aliphatic hydroxyl groups is 1. The Morgan fingerprint density at radius 1 is 1.47 bits per heavy atom. The summed E-state index contributed by atoms with van der Waals surface area (Å²) in [4.78, 5) is 0. The molecular formula is C14H23BrN2O2. The molecule has 0 bridgehead atoms. The number of halogens is 1. The number of hydrogen-bond donors (Lipinski definition) is 3. The second-order valence-electron chi connectivity index (χ2n) is 4.62. The van der Waals surface area contributed by atoms with Crippen LogP contribution in [0, 0.1) is 0 Å². The van der Waals surface area contributed by atoms with Crippen molar-refractivity contribution in [2.75, 3.05) is 20.3 Å². The molecule has 108 valence electrons. The smallest absolute Gasteiger partial charge is 0.133 e. The van der Waals surface area contributed by atoms with Gasteiger partial charge in [0, 0.05) is 25.2 Å². The zero-order chi connectivity index (χ0) is 14.3. The molecule has 19 heavy (non-hydrogen) atoms. The lowest BCUT2D eigenvalue weighted by molar-refractivity contribution is 0.274. The third kappa shape index (κ3) is 5.10. The first-order valence-corrected chi connectivity index (χ1v) is 7.32. The molecule has 0 amide bonds. The fourth-order valence-corrected chi connectivity index (χ4v) is 2.58. The fourth-order valence-electron chi connectivity index (χ4n) is 2.02. The van der Waals surface area contributed by atoms with Gasteiger partial charge in [-0.2, -0.15) is 0 Å². The zero-order valence-corrected chi connectivity index (χ0v) is 13.1. The summed E-state index contributed by atoms with van der Waals surface area (Å²) in [5, 5.41) is 12.3. The predicted octanol–water partition coefficient (Wildman–Crippen LogP) is 2.21. The number of aliphatic hydroxyl groups excluding tert-OH is 1. The fraction of sp³-hybridized carbons (Fsp3) is 0.571. The first-order valence-electron chi connectivity index (χ1n) is 6.52. The third-order valence-electron chi connectivity index (χ3n) is 3.09. The van der Waals surface area contributed by atoms with Gasteiger partial charge in [-0.1, -0.05) is 6.07 Å². The largest absolute Gasteiger partial charge is 0.496 e. The molecule has 0 spiro atoms. The van der Waals surface area contributed by atoms with Crippen LogP contribution in [0.3, 0.4) is 0 Å². The molecule has 0 heterocycles. The Labute approximate surface area is 123 Å². The van der Waals surface area contributed by atoms with Crippen molar-refractivity contribution in [3.05, 3.63) is 28.2 Å². The van der Waals surface area contributed by atoms with Crippen molar-refractivity contribution in [2.45, 2.75) is 31.8 Å². The van der Waals surface area contributed by atoms with Crippen LogP contribution in [-0.2, 0) is 0 Å². The van der Waals surface area contributed by atoms with Crippen molar-refractivity contribution < 1.29 is 9.84 Å². The van der Waals surface area contributed by atoms with E-state index >= 15 is 0 Å². The average Bonchev–Trinajstić information content (AvgIpc) is 2.42. The van der Waals surface area contributed by atoms with Gasteiger partial charge in [-0.05, 0) is 53.4 Å². The molecule has 1 aromatic carbocycles. The molecule has 1 rings (SSSR count). The van der Waals surface area contributed by atoms with E-state index in [9.17, 15) is 0 Å². The first-order chi connectivity index (χ1) is 9.12. The van der Waals surface area contributed by atoms with Gasteiger partial charge in [-0.3, -0.25) is 0 Å². The maximum Gasteiger partial charge on any atom is 0.133 e. The summed E-state index contributed by atoms with van der Waals surface area (Å²) in [7, 11) is 1.65. The lowest BCUT2D eigenvalue weighted by atomic mass is 10.0. The van der Waals surface area contributed by atoms with Gasteiger partial charge in [-0.15, -0.1) is 0 Å². The zero-order valence-electron chi connectivity index (χ0n) is 11.5. The topological polar surface area (TPSA) is 67.5 Å². The highest BCUT2D eigenvalue weighted by molar-refractivity contribution is 9.10. The second kappa shape index (κ2) is 8.53. The van der Waals surface area contributed by atoms with Crippen molar-refractivity contribution in [1.29, 1.82) is 0 Å². The number of nitrogens with one attached hydrogen (secondary N) is 1. The van der Waals surface area contributed by atoms with Crippen LogP contribution in [0.25, 0.3) is 0 Å². The lowest BCUT2D eigenvalue weighted by Crippen LogP contribution is -2.35. The maximum atomic E-state index is 8.85. The van der Waals surface area contributed by atoms with Gasteiger partial charge in [0.05, 0.1) is 11.6 Å². The standard InChI is InChI=1S/C14H23BrN2O2/c1-10(4-3-7-18)17-13(9-16)11-5-6-14(19-2)12(15)8-11/h5-6,8,10,13,17-18H,3-4,7,9,16H2,1-2H3. The molecule has 0 aromatic heterocycles. The molecule has 0 aliphatic heterocycles. The third-order valence-corrected chi connectivity index (χ3v) is 3.71. The molecule has 0 saturated heterocycles. The molecule has 0 saturated carbocycles. The van der Waals surface area contributed by atoms with Crippen LogP contribution in [0.4, 0.5) is 0 Å². The summed E-state index contributed by atoms with van der Waals surface area (Å²) >= 11 is 3.49. The van der Waals surface area contributed by atoms with E-state index in [4.69, 9.17) is 15.6 Å². The predicted molar refractivity (Wildman–Crippen MR) is 81.4 cm³/mol. The summed E-state index contributed by atoms with van der Waals surface area (Å²) in [6.45, 7) is 2.87. The Bertz CT molecular complexity index is 388. The van der Waals surface area contributed by atoms with E-state index in [0.717, 1.165) is 28.6 Å². The van der Waals surface area contributed by atoms with Gasteiger partial charge >= 0.3 is 0 Å². The van der Waals surface area contributed by atoms with Crippen LogP contribution in [0.15, 0.2) is 22.7 Å². The van der Waals surface area contributed by atoms with Crippen LogP contribution in [0.5, 0.6) is 5.75 Å². The molecule has 4 nitrogen and oxygen atoms in total. The van der Waals surface area contributed by atoms with Crippen molar-refractivity contribution >= 4 is 15.9 Å². The SMILES string of the molecule is COc1ccc(C(CN)NC(C)CCCO)cc1Br. The molecule has 2 atom stereocenters. The average molecular weight is 331 g/mol. The molecule has 0 fully saturated rings. The Morgan fingerprint density at radius 3 is 2.74 bits per heavy atom. The molecule has 0 aliphatic rings. The van der Waals surface area contributed by atoms with Gasteiger partial charge in [0.1, 0.15) is 5.75 Å². The highest BCUT2D eigenvalue weighted by Crippen LogP contribution is 2.28. The molecule has 4 N–H and O–H groups in total. The van der Waals surface area contributed by atoms with Crippen LogP contribution in [0.2, 0.25) is 0 Å². The highest BCUT2D eigenvalue weighted by atomic mass is 79.9. The quantitative estimate of drug-likeness (QED) is 0.683. The van der Waals surface area contributed by atoms with E-state index in [0.29, 0.717) is 12.6 Å². The lowest BCUT2D eigenvalue weighted by Gasteiger charge is -2.23. The summed E-state index contributed by atoms with van der Waals surface area (Å²) < 4.78 is 6.15. The minimum absolute atomic E-state index is 0.107. The second-order valence-corrected chi connectivity index (χ2v) is 5.47. The van der Waals surface area contributed by atoms with Crippen molar-refractivity contribution in [3.63, 3.8) is 0 Å². The normalized spacial score (nSPS) is 14.2. The van der Waals surface area contributed by atoms with Crippen LogP contribution in [0.1, 0.15) is 31.4 Å². The number of ether oxygens (including phenoxy) is 1. The van der Waals surface area contributed by atoms with E-state index < -0.39 is 0 Å². The van der Waals surface area contributed by atoms with E-state index in [-0.39, 0.29) is 12.6 Å². The van der Waals surface area contributed by atoms with E-state index in [1.54, 1.807) is 7.11 Å². The van der Waals surface area contributed by atoms with Gasteiger partial charge in [0.15, 0.2) is 0 Å². The summed E-state index contributed by atoms with van der Waals surface area (Å²) in [5.41, 5.74) is 6.97. The first kappa shape index (κ1) is 16.4. The summed E-state index contributed by atoms with van der Waals surface area (Å²) in [6, 6.07) is 6.41. The van der Waals surface area contributed by atoms with Crippen molar-refractivity contribution in [2.24, 2.45) is 5.73 Å². The summed E-state index contributed by atoms with van der Waals surface area (Å²) in [6.07, 6.45) is 1.74. The molecule has 0 radical (unpaired) electrons. The number of hydrogen-bond acceptors (Lipinski definition) is 4. The molecule has 1 aromatic rings.